The van der Waals surface area contributed by atoms with Crippen molar-refractivity contribution in [2.45, 2.75) is 11.8 Å². The Bertz CT molecular complexity index is 864. The summed E-state index contributed by atoms with van der Waals surface area (Å²) < 4.78 is 0. The van der Waals surface area contributed by atoms with E-state index < -0.39 is 11.8 Å². The Morgan fingerprint density at radius 2 is 0.833 bits per heavy atom. The normalized spacial score (nSPS) is 21.2. The van der Waals surface area contributed by atoms with Crippen molar-refractivity contribution in [2.75, 3.05) is 0 Å². The first-order chi connectivity index (χ1) is 11.4. The van der Waals surface area contributed by atoms with Crippen molar-refractivity contribution < 1.29 is 30.6 Å². The van der Waals surface area contributed by atoms with Gasteiger partial charge >= 0.3 is 0 Å². The average molecular weight is 326 g/mol. The van der Waals surface area contributed by atoms with Gasteiger partial charge in [-0.25, -0.2) is 0 Å². The van der Waals surface area contributed by atoms with Crippen LogP contribution in [0.25, 0.3) is 11.1 Å². The van der Waals surface area contributed by atoms with E-state index in [1.807, 2.05) is 0 Å². The number of hydrogen-bond donors (Lipinski definition) is 6. The van der Waals surface area contributed by atoms with E-state index in [1.54, 1.807) is 0 Å². The number of allylic oxidation sites excluding steroid dienone is 2. The minimum Gasteiger partial charge on any atom is -0.504 e. The van der Waals surface area contributed by atoms with Gasteiger partial charge in [-0.3, -0.25) is 0 Å². The number of phenols is 4. The second kappa shape index (κ2) is 4.61. The molecule has 2 unspecified atom stereocenters. The summed E-state index contributed by atoms with van der Waals surface area (Å²) in [4.78, 5) is 0. The first-order valence-electron chi connectivity index (χ1n) is 7.31. The Kier molecular flexibility index (Phi) is 2.75. The molecule has 0 amide bonds. The van der Waals surface area contributed by atoms with E-state index in [9.17, 15) is 30.6 Å². The predicted molar refractivity (Wildman–Crippen MR) is 85.4 cm³/mol. The summed E-state index contributed by atoms with van der Waals surface area (Å²) in [5.41, 5.74) is 2.39. The van der Waals surface area contributed by atoms with E-state index in [-0.39, 0.29) is 34.5 Å². The maximum atomic E-state index is 9.85. The standard InChI is InChI=1S/C18H14O6/c19-13-1-7-8(2-14(13)20)10-4-17(23)18(24)6-12(10)11-5-16(22)15(21)3-9(7)11/h1-8,19-24H. The molecule has 6 nitrogen and oxygen atoms in total. The van der Waals surface area contributed by atoms with E-state index in [0.29, 0.717) is 22.3 Å². The quantitative estimate of drug-likeness (QED) is 0.413. The maximum Gasteiger partial charge on any atom is 0.158 e. The van der Waals surface area contributed by atoms with Crippen LogP contribution in [-0.2, 0) is 0 Å². The number of phenolic OH excluding ortho intramolecular Hbond substituents is 4. The van der Waals surface area contributed by atoms with E-state index in [0.717, 1.165) is 0 Å². The highest BCUT2D eigenvalue weighted by Crippen LogP contribution is 2.54. The highest BCUT2D eigenvalue weighted by molar-refractivity contribution is 5.81. The van der Waals surface area contributed by atoms with Crippen LogP contribution in [-0.4, -0.2) is 30.6 Å². The maximum absolute atomic E-state index is 9.85. The molecule has 0 heterocycles. The smallest absolute Gasteiger partial charge is 0.158 e. The number of hydrogen-bond acceptors (Lipinski definition) is 6. The van der Waals surface area contributed by atoms with Gasteiger partial charge in [-0.05, 0) is 58.7 Å². The minimum absolute atomic E-state index is 0.277. The Balaban J connectivity index is 2.07. The van der Waals surface area contributed by atoms with Crippen LogP contribution >= 0.6 is 0 Å². The van der Waals surface area contributed by atoms with Crippen LogP contribution in [0.3, 0.4) is 0 Å². The van der Waals surface area contributed by atoms with E-state index in [2.05, 4.69) is 0 Å². The van der Waals surface area contributed by atoms with Crippen LogP contribution in [0.1, 0.15) is 23.0 Å². The lowest BCUT2D eigenvalue weighted by Gasteiger charge is -2.34. The topological polar surface area (TPSA) is 121 Å². The van der Waals surface area contributed by atoms with E-state index in [1.165, 1.54) is 36.4 Å². The molecule has 2 aromatic carbocycles. The zero-order valence-corrected chi connectivity index (χ0v) is 12.3. The second-order valence-corrected chi connectivity index (χ2v) is 6.01. The lowest BCUT2D eigenvalue weighted by Crippen LogP contribution is -2.19. The summed E-state index contributed by atoms with van der Waals surface area (Å²) in [6, 6.07) is 5.54. The van der Waals surface area contributed by atoms with Crippen LogP contribution in [0.2, 0.25) is 0 Å². The van der Waals surface area contributed by atoms with Crippen molar-refractivity contribution in [3.63, 3.8) is 0 Å². The van der Waals surface area contributed by atoms with Crippen molar-refractivity contribution in [3.05, 3.63) is 59.1 Å². The molecule has 2 aromatic rings. The van der Waals surface area contributed by atoms with Gasteiger partial charge in [0.2, 0.25) is 0 Å². The third-order valence-corrected chi connectivity index (χ3v) is 4.63. The van der Waals surface area contributed by atoms with Gasteiger partial charge in [0.1, 0.15) is 0 Å². The summed E-state index contributed by atoms with van der Waals surface area (Å²) in [5, 5.41) is 59.1. The SMILES string of the molecule is OC1=CC2c3cc(O)c(O)cc3-c3cc(O)c(O)cc3C2C=C1O. The Hall–Kier alpha value is -3.28. The Labute approximate surface area is 136 Å². The van der Waals surface area contributed by atoms with Crippen molar-refractivity contribution in [3.8, 4) is 34.1 Å². The fraction of sp³-hybridized carbons (Fsp3) is 0.111. The summed E-state index contributed by atoms with van der Waals surface area (Å²) in [6.45, 7) is 0. The Morgan fingerprint density at radius 1 is 0.500 bits per heavy atom. The average Bonchev–Trinajstić information content (AvgIpc) is 2.53. The van der Waals surface area contributed by atoms with E-state index >= 15 is 0 Å². The van der Waals surface area contributed by atoms with Crippen LogP contribution in [0.15, 0.2) is 47.9 Å². The van der Waals surface area contributed by atoms with Crippen LogP contribution in [0, 0.1) is 0 Å². The van der Waals surface area contributed by atoms with Gasteiger partial charge in [-0.1, -0.05) is 0 Å². The molecule has 6 heteroatoms. The van der Waals surface area contributed by atoms with Gasteiger partial charge in [0.15, 0.2) is 34.5 Å². The van der Waals surface area contributed by atoms with Gasteiger partial charge in [0, 0.05) is 11.8 Å². The fourth-order valence-electron chi connectivity index (χ4n) is 3.49. The van der Waals surface area contributed by atoms with Gasteiger partial charge in [-0.2, -0.15) is 0 Å². The van der Waals surface area contributed by atoms with Gasteiger partial charge in [0.05, 0.1) is 0 Å². The molecule has 24 heavy (non-hydrogen) atoms. The monoisotopic (exact) mass is 326 g/mol. The van der Waals surface area contributed by atoms with Crippen molar-refractivity contribution in [1.82, 2.24) is 0 Å². The number of rotatable bonds is 0. The zero-order chi connectivity index (χ0) is 17.2. The Morgan fingerprint density at radius 3 is 1.21 bits per heavy atom. The zero-order valence-electron chi connectivity index (χ0n) is 12.3. The van der Waals surface area contributed by atoms with Crippen molar-refractivity contribution in [1.29, 1.82) is 0 Å². The predicted octanol–water partition coefficient (Wildman–Crippen LogP) is 3.25. The minimum atomic E-state index is -0.404. The summed E-state index contributed by atoms with van der Waals surface area (Å²) in [5.74, 6) is -2.59. The van der Waals surface area contributed by atoms with Gasteiger partial charge < -0.3 is 30.6 Å². The largest absolute Gasteiger partial charge is 0.504 e. The molecule has 0 spiro atoms. The van der Waals surface area contributed by atoms with E-state index in [4.69, 9.17) is 0 Å². The molecule has 2 aliphatic rings. The number of aliphatic hydroxyl groups is 2. The molecule has 0 saturated heterocycles. The molecular formula is C18H14O6. The summed E-state index contributed by atoms with van der Waals surface area (Å²) in [6.07, 6.45) is 2.92. The molecule has 0 bridgehead atoms. The van der Waals surface area contributed by atoms with Crippen LogP contribution in [0.4, 0.5) is 0 Å². The first-order valence-corrected chi connectivity index (χ1v) is 7.31. The molecule has 0 saturated carbocycles. The third-order valence-electron chi connectivity index (χ3n) is 4.63. The van der Waals surface area contributed by atoms with Crippen molar-refractivity contribution in [2.24, 2.45) is 0 Å². The molecule has 6 N–H and O–H groups in total. The molecule has 0 aliphatic heterocycles. The molecule has 122 valence electrons. The van der Waals surface area contributed by atoms with Gasteiger partial charge in [0.25, 0.3) is 0 Å². The van der Waals surface area contributed by atoms with Gasteiger partial charge in [-0.15, -0.1) is 0 Å². The number of aliphatic hydroxyl groups excluding tert-OH is 2. The van der Waals surface area contributed by atoms with Crippen LogP contribution in [0.5, 0.6) is 23.0 Å². The number of benzene rings is 2. The highest BCUT2D eigenvalue weighted by Gasteiger charge is 2.36. The molecule has 2 aliphatic carbocycles. The number of fused-ring (bicyclic) bond motifs is 6. The van der Waals surface area contributed by atoms with Crippen LogP contribution < -0.4 is 0 Å². The molecule has 4 rings (SSSR count). The highest BCUT2D eigenvalue weighted by atomic mass is 16.3. The third kappa shape index (κ3) is 1.83. The lowest BCUT2D eigenvalue weighted by molar-refractivity contribution is 0.313. The molecule has 2 atom stereocenters. The number of aromatic hydroxyl groups is 4. The summed E-state index contributed by atoms with van der Waals surface area (Å²) in [7, 11) is 0. The molecule has 0 fully saturated rings. The first kappa shape index (κ1) is 14.3. The molecular weight excluding hydrogens is 312 g/mol. The molecule has 0 radical (unpaired) electrons. The molecule has 0 aromatic heterocycles. The second-order valence-electron chi connectivity index (χ2n) is 6.01. The summed E-state index contributed by atoms with van der Waals surface area (Å²) >= 11 is 0. The fourth-order valence-corrected chi connectivity index (χ4v) is 3.49. The lowest BCUT2D eigenvalue weighted by atomic mass is 9.69. The van der Waals surface area contributed by atoms with Crippen molar-refractivity contribution >= 4 is 0 Å².